The van der Waals surface area contributed by atoms with E-state index in [9.17, 15) is 8.42 Å². The molecule has 0 heterocycles. The highest BCUT2D eigenvalue weighted by atomic mass is 79.9. The minimum atomic E-state index is -3.66. The number of nitrogens with zero attached hydrogens (tertiary/aromatic N) is 1. The molecule has 0 amide bonds. The van der Waals surface area contributed by atoms with Crippen LogP contribution >= 0.6 is 31.9 Å². The normalized spacial score (nSPS) is 12.2. The van der Waals surface area contributed by atoms with E-state index < -0.39 is 10.0 Å². The molecular weight excluding hydrogens is 420 g/mol. The summed E-state index contributed by atoms with van der Waals surface area (Å²) in [6, 6.07) is 13.8. The number of hydrogen-bond acceptors (Lipinski definition) is 3. The maximum Gasteiger partial charge on any atom is 0.276 e. The van der Waals surface area contributed by atoms with Gasteiger partial charge in [-0.05, 0) is 48.9 Å². The van der Waals surface area contributed by atoms with E-state index in [0.717, 1.165) is 14.5 Å². The molecule has 0 aliphatic rings. The predicted octanol–water partition coefficient (Wildman–Crippen LogP) is 3.91. The van der Waals surface area contributed by atoms with Gasteiger partial charge in [0.05, 0.1) is 10.6 Å². The first-order chi connectivity index (χ1) is 9.88. The molecule has 7 heteroatoms. The Hall–Kier alpha value is -1.18. The molecule has 110 valence electrons. The summed E-state index contributed by atoms with van der Waals surface area (Å²) in [4.78, 5) is 2.41. The van der Waals surface area contributed by atoms with Gasteiger partial charge in [-0.2, -0.15) is 18.4 Å². The maximum atomic E-state index is 12.1. The lowest BCUT2D eigenvalue weighted by molar-refractivity contribution is 0.584. The van der Waals surface area contributed by atoms with E-state index in [2.05, 4.69) is 41.8 Å². The Balaban J connectivity index is 2.18. The van der Waals surface area contributed by atoms with Crippen LogP contribution in [0.1, 0.15) is 12.5 Å². The van der Waals surface area contributed by atoms with E-state index in [1.165, 1.54) is 12.1 Å². The fraction of sp³-hybridized carbons (Fsp3) is 0.0714. The summed E-state index contributed by atoms with van der Waals surface area (Å²) in [5.41, 5.74) is 1.43. The van der Waals surface area contributed by atoms with Crippen LogP contribution in [0.25, 0.3) is 0 Å². The smallest absolute Gasteiger partial charge is 0.200 e. The Kier molecular flexibility index (Phi) is 5.18. The second-order valence-corrected chi connectivity index (χ2v) is 7.74. The Morgan fingerprint density at radius 1 is 0.952 bits per heavy atom. The minimum absolute atomic E-state index is 0.165. The number of nitrogens with one attached hydrogen (secondary N) is 1. The van der Waals surface area contributed by atoms with Crippen molar-refractivity contribution in [2.45, 2.75) is 11.8 Å². The van der Waals surface area contributed by atoms with Gasteiger partial charge in [0.25, 0.3) is 10.0 Å². The molecule has 0 spiro atoms. The molecule has 0 radical (unpaired) electrons. The molecule has 1 N–H and O–H groups in total. The van der Waals surface area contributed by atoms with Crippen LogP contribution in [-0.4, -0.2) is 14.1 Å². The predicted molar refractivity (Wildman–Crippen MR) is 90.8 cm³/mol. The highest BCUT2D eigenvalue weighted by Gasteiger charge is 2.12. The molecule has 0 saturated heterocycles. The van der Waals surface area contributed by atoms with Crippen molar-refractivity contribution in [3.05, 3.63) is 63.0 Å². The minimum Gasteiger partial charge on any atom is -0.200 e. The first-order valence-corrected chi connectivity index (χ1v) is 9.03. The summed E-state index contributed by atoms with van der Waals surface area (Å²) in [5.74, 6) is 0. The molecular formula is C14H12Br2N2O2S. The van der Waals surface area contributed by atoms with Gasteiger partial charge in [-0.15, -0.1) is 0 Å². The fourth-order valence-corrected chi connectivity index (χ4v) is 2.94. The lowest BCUT2D eigenvalue weighted by atomic mass is 10.1. The van der Waals surface area contributed by atoms with Crippen molar-refractivity contribution in [1.29, 1.82) is 0 Å². The lowest BCUT2D eigenvalue weighted by Crippen LogP contribution is -2.19. The molecule has 21 heavy (non-hydrogen) atoms. The van der Waals surface area contributed by atoms with Crippen molar-refractivity contribution >= 4 is 47.6 Å². The molecule has 2 aromatic carbocycles. The molecule has 0 unspecified atom stereocenters. The molecule has 0 atom stereocenters. The first kappa shape index (κ1) is 16.2. The van der Waals surface area contributed by atoms with E-state index in [4.69, 9.17) is 0 Å². The van der Waals surface area contributed by atoms with Crippen LogP contribution in [0.3, 0.4) is 0 Å². The summed E-state index contributed by atoms with van der Waals surface area (Å²) in [6.45, 7) is 1.74. The average molecular weight is 432 g/mol. The van der Waals surface area contributed by atoms with Crippen LogP contribution < -0.4 is 4.83 Å². The molecule has 2 aromatic rings. The largest absolute Gasteiger partial charge is 0.276 e. The molecule has 0 bridgehead atoms. The van der Waals surface area contributed by atoms with Gasteiger partial charge in [0.1, 0.15) is 0 Å². The number of halogens is 2. The first-order valence-electron chi connectivity index (χ1n) is 5.96. The molecule has 4 nitrogen and oxygen atoms in total. The monoisotopic (exact) mass is 430 g/mol. The molecule has 2 rings (SSSR count). The van der Waals surface area contributed by atoms with Crippen molar-refractivity contribution in [3.63, 3.8) is 0 Å². The van der Waals surface area contributed by atoms with Crippen LogP contribution in [0.4, 0.5) is 0 Å². The van der Waals surface area contributed by atoms with E-state index in [-0.39, 0.29) is 4.90 Å². The second kappa shape index (κ2) is 6.72. The summed E-state index contributed by atoms with van der Waals surface area (Å²) in [6.07, 6.45) is 0. The maximum absolute atomic E-state index is 12.1. The van der Waals surface area contributed by atoms with Crippen LogP contribution in [0.2, 0.25) is 0 Å². The third kappa shape index (κ3) is 4.39. The van der Waals surface area contributed by atoms with Gasteiger partial charge in [-0.1, -0.05) is 44.0 Å². The molecule has 0 aliphatic heterocycles. The zero-order chi connectivity index (χ0) is 15.5. The van der Waals surface area contributed by atoms with Crippen LogP contribution in [0.15, 0.2) is 67.5 Å². The second-order valence-electron chi connectivity index (χ2n) is 4.25. The topological polar surface area (TPSA) is 58.5 Å². The molecule has 0 aliphatic carbocycles. The van der Waals surface area contributed by atoms with Gasteiger partial charge >= 0.3 is 0 Å². The average Bonchev–Trinajstić information content (AvgIpc) is 2.46. The molecule has 0 saturated carbocycles. The zero-order valence-corrected chi connectivity index (χ0v) is 15.0. The third-order valence-electron chi connectivity index (χ3n) is 2.72. The summed E-state index contributed by atoms with van der Waals surface area (Å²) in [7, 11) is -3.66. The van der Waals surface area contributed by atoms with Crippen LogP contribution in [-0.2, 0) is 10.0 Å². The van der Waals surface area contributed by atoms with Gasteiger partial charge in [-0.3, -0.25) is 0 Å². The summed E-state index contributed by atoms with van der Waals surface area (Å²) >= 11 is 6.61. The van der Waals surface area contributed by atoms with E-state index >= 15 is 0 Å². The van der Waals surface area contributed by atoms with Gasteiger partial charge in [-0.25, -0.2) is 0 Å². The highest BCUT2D eigenvalue weighted by Crippen LogP contribution is 2.15. The van der Waals surface area contributed by atoms with E-state index in [1.807, 2.05) is 24.3 Å². The van der Waals surface area contributed by atoms with Crippen molar-refractivity contribution in [1.82, 2.24) is 4.83 Å². The number of hydrogen-bond donors (Lipinski definition) is 1. The Bertz CT molecular complexity index is 755. The summed E-state index contributed by atoms with van der Waals surface area (Å²) < 4.78 is 26.0. The molecule has 0 fully saturated rings. The SMILES string of the molecule is C/C(=N\NS(=O)(=O)c1ccc(Br)cc1)c1ccc(Br)cc1. The Morgan fingerprint density at radius 2 is 1.43 bits per heavy atom. The third-order valence-corrected chi connectivity index (χ3v) is 5.00. The van der Waals surface area contributed by atoms with Crippen molar-refractivity contribution in [2.24, 2.45) is 5.10 Å². The van der Waals surface area contributed by atoms with Crippen molar-refractivity contribution in [3.8, 4) is 0 Å². The van der Waals surface area contributed by atoms with E-state index in [1.54, 1.807) is 19.1 Å². The quantitative estimate of drug-likeness (QED) is 0.589. The Morgan fingerprint density at radius 3 is 1.95 bits per heavy atom. The van der Waals surface area contributed by atoms with Gasteiger partial charge in [0, 0.05) is 8.95 Å². The number of benzene rings is 2. The van der Waals surface area contributed by atoms with Crippen molar-refractivity contribution in [2.75, 3.05) is 0 Å². The number of sulfonamides is 1. The van der Waals surface area contributed by atoms with Gasteiger partial charge < -0.3 is 0 Å². The van der Waals surface area contributed by atoms with Gasteiger partial charge in [0.2, 0.25) is 0 Å². The Labute approximate surface area is 140 Å². The number of rotatable bonds is 4. The molecule has 0 aromatic heterocycles. The summed E-state index contributed by atoms with van der Waals surface area (Å²) in [5, 5.41) is 3.95. The van der Waals surface area contributed by atoms with Gasteiger partial charge in [0.15, 0.2) is 0 Å². The standard InChI is InChI=1S/C14H12Br2N2O2S/c1-10(11-2-4-12(15)5-3-11)17-18-21(19,20)14-8-6-13(16)7-9-14/h2-9,18H,1H3/b17-10+. The van der Waals surface area contributed by atoms with Crippen molar-refractivity contribution < 1.29 is 8.42 Å². The lowest BCUT2D eigenvalue weighted by Gasteiger charge is -2.05. The van der Waals surface area contributed by atoms with E-state index in [0.29, 0.717) is 5.71 Å². The van der Waals surface area contributed by atoms with Crippen LogP contribution in [0, 0.1) is 0 Å². The fourth-order valence-electron chi connectivity index (χ4n) is 1.55. The number of hydrazone groups is 1. The van der Waals surface area contributed by atoms with Crippen LogP contribution in [0.5, 0.6) is 0 Å². The highest BCUT2D eigenvalue weighted by molar-refractivity contribution is 9.10. The zero-order valence-electron chi connectivity index (χ0n) is 11.0.